The number of aliphatic hydroxyl groups is 3. The maximum absolute atomic E-state index is 9.31. The molecule has 0 radical (unpaired) electrons. The van der Waals surface area contributed by atoms with Gasteiger partial charge in [0.25, 0.3) is 5.91 Å². The lowest BCUT2D eigenvalue weighted by atomic mass is 10.0. The number of phenolic OH excluding ortho intramolecular Hbond substituents is 5. The number of hydrogen-bond donors (Lipinski definition) is 9. The molecule has 96 valence electrons. The average Bonchev–Trinajstić information content (AvgIpc) is 2.22. The monoisotopic (exact) mass is 249 g/mol. The third-order valence-electron chi connectivity index (χ3n) is 2.08. The molecule has 0 fully saturated rings. The lowest BCUT2D eigenvalue weighted by Crippen LogP contribution is -2.45. The third-order valence-corrected chi connectivity index (χ3v) is 2.08. The van der Waals surface area contributed by atoms with Crippen LogP contribution in [-0.2, 0) is 0 Å². The molecule has 0 aliphatic carbocycles. The summed E-state index contributed by atoms with van der Waals surface area (Å²) in [6.45, 7) is 0. The van der Waals surface area contributed by atoms with Crippen LogP contribution in [0.1, 0.15) is 11.7 Å². The van der Waals surface area contributed by atoms with Gasteiger partial charge in [0.05, 0.1) is 5.56 Å². The Labute approximate surface area is 93.9 Å². The maximum atomic E-state index is 9.31. The highest BCUT2D eigenvalue weighted by molar-refractivity contribution is 5.68. The molecular formula is C8H11NO8. The summed E-state index contributed by atoms with van der Waals surface area (Å²) in [7, 11) is 0. The predicted octanol–water partition coefficient (Wildman–Crippen LogP) is -2.15. The fourth-order valence-electron chi connectivity index (χ4n) is 1.18. The first-order valence-corrected chi connectivity index (χ1v) is 4.19. The van der Waals surface area contributed by atoms with Crippen molar-refractivity contribution in [1.82, 2.24) is 0 Å². The molecule has 1 unspecified atom stereocenters. The van der Waals surface area contributed by atoms with E-state index in [9.17, 15) is 15.3 Å². The van der Waals surface area contributed by atoms with Crippen LogP contribution in [0.2, 0.25) is 0 Å². The lowest BCUT2D eigenvalue weighted by Gasteiger charge is -2.24. The zero-order valence-corrected chi connectivity index (χ0v) is 8.23. The molecule has 0 aromatic heterocycles. The molecule has 0 aliphatic heterocycles. The van der Waals surface area contributed by atoms with Gasteiger partial charge in [-0.2, -0.15) is 0 Å². The van der Waals surface area contributed by atoms with Crippen LogP contribution in [0.15, 0.2) is 0 Å². The SMILES string of the molecule is NC(O)(O)C(O)c1c(O)c(O)c(O)c(O)c1O. The number of phenols is 5. The molecule has 0 saturated heterocycles. The summed E-state index contributed by atoms with van der Waals surface area (Å²) in [4.78, 5) is 0. The maximum Gasteiger partial charge on any atom is 0.251 e. The molecule has 0 heterocycles. The number of aliphatic hydroxyl groups excluding tert-OH is 1. The fourth-order valence-corrected chi connectivity index (χ4v) is 1.18. The van der Waals surface area contributed by atoms with Crippen LogP contribution in [0, 0.1) is 0 Å². The van der Waals surface area contributed by atoms with Gasteiger partial charge in [0.2, 0.25) is 17.2 Å². The van der Waals surface area contributed by atoms with Crippen LogP contribution < -0.4 is 5.73 Å². The van der Waals surface area contributed by atoms with E-state index in [1.807, 2.05) is 0 Å². The van der Waals surface area contributed by atoms with Gasteiger partial charge in [-0.1, -0.05) is 0 Å². The minimum atomic E-state index is -3.25. The molecule has 0 saturated carbocycles. The van der Waals surface area contributed by atoms with E-state index < -0.39 is 46.3 Å². The number of hydrogen-bond acceptors (Lipinski definition) is 9. The topological polar surface area (TPSA) is 188 Å². The van der Waals surface area contributed by atoms with Crippen molar-refractivity contribution in [2.45, 2.75) is 12.0 Å². The van der Waals surface area contributed by atoms with Gasteiger partial charge in [-0.15, -0.1) is 0 Å². The highest BCUT2D eigenvalue weighted by atomic mass is 16.5. The molecule has 9 heteroatoms. The minimum absolute atomic E-state index is 1.05. The Morgan fingerprint density at radius 1 is 0.765 bits per heavy atom. The van der Waals surface area contributed by atoms with Crippen LogP contribution in [0.5, 0.6) is 28.7 Å². The fraction of sp³-hybridized carbons (Fsp3) is 0.250. The van der Waals surface area contributed by atoms with Crippen LogP contribution in [-0.4, -0.2) is 46.8 Å². The molecule has 0 spiro atoms. The van der Waals surface area contributed by atoms with Gasteiger partial charge in [0.1, 0.15) is 0 Å². The molecular weight excluding hydrogens is 238 g/mol. The van der Waals surface area contributed by atoms with Crippen molar-refractivity contribution in [1.29, 1.82) is 0 Å². The standard InChI is InChI=1S/C8H11NO8/c9-8(16,17)7(15)1-2(10)4(12)6(14)5(13)3(1)11/h7,10-17H,9H2. The van der Waals surface area contributed by atoms with Crippen LogP contribution in [0.25, 0.3) is 0 Å². The molecule has 0 amide bonds. The van der Waals surface area contributed by atoms with Crippen molar-refractivity contribution in [3.05, 3.63) is 5.56 Å². The molecule has 0 aliphatic rings. The van der Waals surface area contributed by atoms with E-state index >= 15 is 0 Å². The Bertz CT molecular complexity index is 423. The van der Waals surface area contributed by atoms with E-state index in [-0.39, 0.29) is 0 Å². The quantitative estimate of drug-likeness (QED) is 0.160. The van der Waals surface area contributed by atoms with Crippen molar-refractivity contribution >= 4 is 0 Å². The molecule has 17 heavy (non-hydrogen) atoms. The number of benzene rings is 1. The summed E-state index contributed by atoms with van der Waals surface area (Å²) in [5.41, 5.74) is 3.65. The molecule has 10 N–H and O–H groups in total. The number of rotatable bonds is 2. The summed E-state index contributed by atoms with van der Waals surface area (Å²) in [5.74, 6) is -9.54. The summed E-state index contributed by atoms with van der Waals surface area (Å²) in [6, 6.07) is 0. The van der Waals surface area contributed by atoms with E-state index in [1.165, 1.54) is 0 Å². The van der Waals surface area contributed by atoms with E-state index in [0.717, 1.165) is 0 Å². The molecule has 1 aromatic carbocycles. The first-order valence-electron chi connectivity index (χ1n) is 4.19. The van der Waals surface area contributed by atoms with Gasteiger partial charge in [0.15, 0.2) is 17.6 Å². The van der Waals surface area contributed by atoms with Crippen LogP contribution in [0.3, 0.4) is 0 Å². The second-order valence-corrected chi connectivity index (χ2v) is 3.34. The largest absolute Gasteiger partial charge is 0.504 e. The Morgan fingerprint density at radius 2 is 1.06 bits per heavy atom. The minimum Gasteiger partial charge on any atom is -0.504 e. The predicted molar refractivity (Wildman–Crippen MR) is 51.1 cm³/mol. The Hall–Kier alpha value is -1.94. The van der Waals surface area contributed by atoms with Crippen molar-refractivity contribution in [2.75, 3.05) is 0 Å². The van der Waals surface area contributed by atoms with Gasteiger partial charge in [-0.25, -0.2) is 0 Å². The second kappa shape index (κ2) is 3.82. The molecule has 9 nitrogen and oxygen atoms in total. The highest BCUT2D eigenvalue weighted by Gasteiger charge is 2.37. The van der Waals surface area contributed by atoms with Gasteiger partial charge < -0.3 is 40.9 Å². The zero-order valence-electron chi connectivity index (χ0n) is 8.23. The van der Waals surface area contributed by atoms with Crippen molar-refractivity contribution in [3.63, 3.8) is 0 Å². The highest BCUT2D eigenvalue weighted by Crippen LogP contribution is 2.53. The van der Waals surface area contributed by atoms with Gasteiger partial charge >= 0.3 is 0 Å². The van der Waals surface area contributed by atoms with Crippen LogP contribution in [0.4, 0.5) is 0 Å². The summed E-state index contributed by atoms with van der Waals surface area (Å²) >= 11 is 0. The van der Waals surface area contributed by atoms with E-state index in [2.05, 4.69) is 0 Å². The smallest absolute Gasteiger partial charge is 0.251 e. The lowest BCUT2D eigenvalue weighted by molar-refractivity contribution is -0.224. The average molecular weight is 249 g/mol. The first kappa shape index (κ1) is 13.1. The molecule has 0 bridgehead atoms. The zero-order chi connectivity index (χ0) is 13.5. The second-order valence-electron chi connectivity index (χ2n) is 3.34. The molecule has 1 rings (SSSR count). The Kier molecular flexibility index (Phi) is 2.95. The summed E-state index contributed by atoms with van der Waals surface area (Å²) in [6.07, 6.45) is -2.44. The van der Waals surface area contributed by atoms with Crippen molar-refractivity contribution < 1.29 is 40.9 Å². The first-order chi connectivity index (χ1) is 7.59. The molecule has 1 aromatic rings. The van der Waals surface area contributed by atoms with E-state index in [4.69, 9.17) is 31.3 Å². The number of aromatic hydroxyl groups is 5. The van der Waals surface area contributed by atoms with Gasteiger partial charge in [0, 0.05) is 0 Å². The van der Waals surface area contributed by atoms with Crippen molar-refractivity contribution in [2.24, 2.45) is 5.73 Å². The Morgan fingerprint density at radius 3 is 1.35 bits per heavy atom. The number of nitrogens with two attached hydrogens (primary N) is 1. The normalized spacial score (nSPS) is 13.6. The molecule has 1 atom stereocenters. The van der Waals surface area contributed by atoms with Gasteiger partial charge in [-0.3, -0.25) is 5.73 Å². The Balaban J connectivity index is 3.55. The van der Waals surface area contributed by atoms with E-state index in [1.54, 1.807) is 0 Å². The van der Waals surface area contributed by atoms with Crippen molar-refractivity contribution in [3.8, 4) is 28.7 Å². The third kappa shape index (κ3) is 1.99. The summed E-state index contributed by atoms with van der Waals surface area (Å²) < 4.78 is 0. The van der Waals surface area contributed by atoms with E-state index in [0.29, 0.717) is 0 Å². The van der Waals surface area contributed by atoms with Crippen LogP contribution >= 0.6 is 0 Å². The van der Waals surface area contributed by atoms with Gasteiger partial charge in [-0.05, 0) is 0 Å². The summed E-state index contributed by atoms with van der Waals surface area (Å²) in [5, 5.41) is 72.9.